The van der Waals surface area contributed by atoms with Crippen LogP contribution >= 0.6 is 11.6 Å². The number of hydrogen-bond donors (Lipinski definition) is 2. The SMILES string of the molecule is CON=C(c1cccc(Cl)c1)c1ccc(OCc2c(C)cccc2C2(C(=O)O)C=CC(C)=C(C(=O)O)C2)c(C)c1. The van der Waals surface area contributed by atoms with E-state index in [-0.39, 0.29) is 18.6 Å². The van der Waals surface area contributed by atoms with Crippen molar-refractivity contribution in [3.05, 3.63) is 122 Å². The van der Waals surface area contributed by atoms with Gasteiger partial charge in [-0.25, -0.2) is 4.79 Å². The first kappa shape index (κ1) is 28.6. The first-order valence-corrected chi connectivity index (χ1v) is 13.0. The molecule has 1 aliphatic carbocycles. The quantitative estimate of drug-likeness (QED) is 0.225. The lowest BCUT2D eigenvalue weighted by atomic mass is 9.69. The molecule has 206 valence electrons. The minimum absolute atomic E-state index is 0.0814. The van der Waals surface area contributed by atoms with Crippen LogP contribution in [0.2, 0.25) is 5.02 Å². The van der Waals surface area contributed by atoms with E-state index >= 15 is 0 Å². The third-order valence-corrected chi connectivity index (χ3v) is 7.42. The number of carboxylic acids is 2. The number of allylic oxidation sites excluding steroid dienone is 2. The first-order valence-electron chi connectivity index (χ1n) is 12.6. The number of nitrogens with zero attached hydrogens (tertiary/aromatic N) is 1. The van der Waals surface area contributed by atoms with Gasteiger partial charge in [0.1, 0.15) is 30.6 Å². The molecule has 0 saturated carbocycles. The molecule has 0 spiro atoms. The summed E-state index contributed by atoms with van der Waals surface area (Å²) in [4.78, 5) is 29.7. The van der Waals surface area contributed by atoms with Crippen LogP contribution < -0.4 is 4.74 Å². The van der Waals surface area contributed by atoms with Crippen LogP contribution in [0.4, 0.5) is 0 Å². The van der Waals surface area contributed by atoms with E-state index in [0.717, 1.165) is 22.3 Å². The van der Waals surface area contributed by atoms with Gasteiger partial charge in [0, 0.05) is 28.1 Å². The summed E-state index contributed by atoms with van der Waals surface area (Å²) in [6.07, 6.45) is 3.01. The third-order valence-electron chi connectivity index (χ3n) is 7.18. The molecule has 0 aliphatic heterocycles. The number of oxime groups is 1. The van der Waals surface area contributed by atoms with E-state index in [0.29, 0.717) is 33.2 Å². The molecular weight excluding hydrogens is 530 g/mol. The monoisotopic (exact) mass is 559 g/mol. The summed E-state index contributed by atoms with van der Waals surface area (Å²) < 4.78 is 6.24. The second kappa shape index (κ2) is 11.8. The van der Waals surface area contributed by atoms with Crippen molar-refractivity contribution in [1.29, 1.82) is 0 Å². The van der Waals surface area contributed by atoms with Crippen molar-refractivity contribution in [3.63, 3.8) is 0 Å². The molecule has 1 aliphatic rings. The number of aliphatic carboxylic acids is 2. The Bertz CT molecular complexity index is 1570. The Hall–Kier alpha value is -4.36. The Morgan fingerprint density at radius 2 is 1.70 bits per heavy atom. The molecule has 4 rings (SSSR count). The lowest BCUT2D eigenvalue weighted by molar-refractivity contribution is -0.142. The Morgan fingerprint density at radius 1 is 0.975 bits per heavy atom. The van der Waals surface area contributed by atoms with Crippen LogP contribution in [0.15, 0.2) is 89.1 Å². The molecule has 7 nitrogen and oxygen atoms in total. The number of aryl methyl sites for hydroxylation is 2. The average Bonchev–Trinajstić information content (AvgIpc) is 2.91. The topological polar surface area (TPSA) is 105 Å². The molecule has 3 aromatic carbocycles. The minimum atomic E-state index is -1.53. The highest BCUT2D eigenvalue weighted by atomic mass is 35.5. The maximum atomic E-state index is 12.7. The van der Waals surface area contributed by atoms with Crippen LogP contribution in [-0.4, -0.2) is 35.0 Å². The van der Waals surface area contributed by atoms with Gasteiger partial charge in [-0.2, -0.15) is 0 Å². The highest BCUT2D eigenvalue weighted by Crippen LogP contribution is 2.41. The minimum Gasteiger partial charge on any atom is -0.489 e. The molecule has 0 bridgehead atoms. The van der Waals surface area contributed by atoms with Gasteiger partial charge in [0.05, 0.1) is 0 Å². The zero-order valence-electron chi connectivity index (χ0n) is 22.7. The van der Waals surface area contributed by atoms with Crippen molar-refractivity contribution in [2.24, 2.45) is 5.16 Å². The van der Waals surface area contributed by atoms with Gasteiger partial charge in [-0.1, -0.05) is 59.2 Å². The van der Waals surface area contributed by atoms with Gasteiger partial charge in [-0.15, -0.1) is 0 Å². The standard InChI is InChI=1S/C32H30ClNO6/c1-19-7-5-10-27(32(31(37)38)14-13-20(2)25(17-32)30(35)36)26(19)18-40-28-12-11-23(15-21(28)3)29(34-39-4)22-8-6-9-24(33)16-22/h5-16H,17-18H2,1-4H3,(H,35,36)(H,37,38). The average molecular weight is 560 g/mol. The lowest BCUT2D eigenvalue weighted by Crippen LogP contribution is -2.38. The summed E-state index contributed by atoms with van der Waals surface area (Å²) in [6.45, 7) is 5.57. The van der Waals surface area contributed by atoms with E-state index in [1.165, 1.54) is 7.11 Å². The fourth-order valence-corrected chi connectivity index (χ4v) is 5.15. The van der Waals surface area contributed by atoms with Gasteiger partial charge in [-0.3, -0.25) is 4.79 Å². The number of halogens is 1. The maximum Gasteiger partial charge on any atom is 0.331 e. The summed E-state index contributed by atoms with van der Waals surface area (Å²) in [6, 6.07) is 18.4. The van der Waals surface area contributed by atoms with Gasteiger partial charge in [0.15, 0.2) is 0 Å². The number of carboxylic acid groups (broad SMARTS) is 2. The molecule has 0 heterocycles. The van der Waals surface area contributed by atoms with Crippen LogP contribution in [0, 0.1) is 13.8 Å². The zero-order chi connectivity index (χ0) is 29.0. The smallest absolute Gasteiger partial charge is 0.331 e. The molecule has 1 unspecified atom stereocenters. The summed E-state index contributed by atoms with van der Waals surface area (Å²) in [7, 11) is 1.48. The van der Waals surface area contributed by atoms with Gasteiger partial charge in [0.25, 0.3) is 0 Å². The fourth-order valence-electron chi connectivity index (χ4n) is 4.96. The molecule has 1 atom stereocenters. The van der Waals surface area contributed by atoms with Crippen LogP contribution in [-0.2, 0) is 26.4 Å². The molecule has 0 aromatic heterocycles. The van der Waals surface area contributed by atoms with E-state index in [1.807, 2.05) is 56.3 Å². The van der Waals surface area contributed by atoms with Crippen LogP contribution in [0.3, 0.4) is 0 Å². The second-order valence-corrected chi connectivity index (χ2v) is 10.2. The van der Waals surface area contributed by atoms with E-state index in [1.54, 1.807) is 37.3 Å². The van der Waals surface area contributed by atoms with Crippen molar-refractivity contribution in [2.45, 2.75) is 39.2 Å². The first-order chi connectivity index (χ1) is 19.1. The van der Waals surface area contributed by atoms with E-state index < -0.39 is 17.4 Å². The van der Waals surface area contributed by atoms with Crippen LogP contribution in [0.25, 0.3) is 0 Å². The highest BCUT2D eigenvalue weighted by Gasteiger charge is 2.43. The van der Waals surface area contributed by atoms with Crippen LogP contribution in [0.5, 0.6) is 5.75 Å². The largest absolute Gasteiger partial charge is 0.489 e. The fraction of sp³-hybridized carbons (Fsp3) is 0.219. The summed E-state index contributed by atoms with van der Waals surface area (Å²) in [5.41, 5.74) is 4.22. The van der Waals surface area contributed by atoms with Crippen molar-refractivity contribution < 1.29 is 29.4 Å². The van der Waals surface area contributed by atoms with Gasteiger partial charge >= 0.3 is 11.9 Å². The molecule has 0 saturated heterocycles. The number of ether oxygens (including phenoxy) is 1. The molecule has 3 aromatic rings. The predicted molar refractivity (Wildman–Crippen MR) is 154 cm³/mol. The Labute approximate surface area is 238 Å². The summed E-state index contributed by atoms with van der Waals surface area (Å²) >= 11 is 6.19. The third kappa shape index (κ3) is 5.65. The molecule has 0 fully saturated rings. The Morgan fingerprint density at radius 3 is 2.35 bits per heavy atom. The molecule has 8 heteroatoms. The van der Waals surface area contributed by atoms with E-state index in [9.17, 15) is 19.8 Å². The van der Waals surface area contributed by atoms with Crippen molar-refractivity contribution in [3.8, 4) is 5.75 Å². The Balaban J connectivity index is 1.67. The van der Waals surface area contributed by atoms with Gasteiger partial charge < -0.3 is 19.8 Å². The number of benzene rings is 3. The zero-order valence-corrected chi connectivity index (χ0v) is 23.5. The molecule has 40 heavy (non-hydrogen) atoms. The lowest BCUT2D eigenvalue weighted by Gasteiger charge is -2.32. The Kier molecular flexibility index (Phi) is 8.45. The van der Waals surface area contributed by atoms with Crippen molar-refractivity contribution >= 4 is 29.3 Å². The second-order valence-electron chi connectivity index (χ2n) is 9.76. The molecule has 2 N–H and O–H groups in total. The maximum absolute atomic E-state index is 12.7. The number of hydrogen-bond acceptors (Lipinski definition) is 5. The molecule has 0 radical (unpaired) electrons. The van der Waals surface area contributed by atoms with Crippen molar-refractivity contribution in [2.75, 3.05) is 7.11 Å². The molecule has 0 amide bonds. The number of carbonyl (C=O) groups is 2. The highest BCUT2D eigenvalue weighted by molar-refractivity contribution is 6.31. The molecular formula is C32H30ClNO6. The predicted octanol–water partition coefficient (Wildman–Crippen LogP) is 6.62. The number of rotatable bonds is 9. The van der Waals surface area contributed by atoms with Gasteiger partial charge in [-0.05, 0) is 78.9 Å². The van der Waals surface area contributed by atoms with Gasteiger partial charge in [0.2, 0.25) is 0 Å². The van der Waals surface area contributed by atoms with Crippen LogP contribution in [0.1, 0.15) is 46.7 Å². The van der Waals surface area contributed by atoms with Crippen molar-refractivity contribution in [1.82, 2.24) is 0 Å². The van der Waals surface area contributed by atoms with E-state index in [2.05, 4.69) is 5.16 Å². The normalized spacial score (nSPS) is 17.1. The summed E-state index contributed by atoms with van der Waals surface area (Å²) in [5.74, 6) is -1.62. The summed E-state index contributed by atoms with van der Waals surface area (Å²) in [5, 5.41) is 24.9. The van der Waals surface area contributed by atoms with E-state index in [4.69, 9.17) is 21.2 Å².